The van der Waals surface area contributed by atoms with Crippen molar-refractivity contribution in [3.63, 3.8) is 0 Å². The summed E-state index contributed by atoms with van der Waals surface area (Å²) < 4.78 is 23.3. The van der Waals surface area contributed by atoms with E-state index in [-0.39, 0.29) is 0 Å². The SMILES string of the molecule is O=C(C(F)F)N1CC=CC1. The molecule has 0 aromatic heterocycles. The maximum Gasteiger partial charge on any atom is 0.315 e. The summed E-state index contributed by atoms with van der Waals surface area (Å²) in [4.78, 5) is 11.6. The van der Waals surface area contributed by atoms with E-state index in [9.17, 15) is 13.6 Å². The van der Waals surface area contributed by atoms with E-state index in [0.29, 0.717) is 13.1 Å². The summed E-state index contributed by atoms with van der Waals surface area (Å²) in [5, 5.41) is 0. The number of amides is 1. The molecule has 10 heavy (non-hydrogen) atoms. The van der Waals surface area contributed by atoms with Gasteiger partial charge in [0.2, 0.25) is 0 Å². The molecule has 0 aromatic carbocycles. The van der Waals surface area contributed by atoms with Crippen molar-refractivity contribution in [2.45, 2.75) is 6.43 Å². The van der Waals surface area contributed by atoms with Crippen LogP contribution in [0.1, 0.15) is 0 Å². The van der Waals surface area contributed by atoms with E-state index in [1.54, 1.807) is 12.2 Å². The van der Waals surface area contributed by atoms with E-state index in [0.717, 1.165) is 4.90 Å². The number of carbonyl (C=O) groups is 1. The molecule has 1 rings (SSSR count). The van der Waals surface area contributed by atoms with Crippen molar-refractivity contribution in [2.75, 3.05) is 13.1 Å². The highest BCUT2D eigenvalue weighted by Crippen LogP contribution is 2.04. The zero-order valence-corrected chi connectivity index (χ0v) is 5.26. The maximum absolute atomic E-state index is 11.7. The lowest BCUT2D eigenvalue weighted by Gasteiger charge is -2.13. The highest BCUT2D eigenvalue weighted by atomic mass is 19.3. The molecule has 1 aliphatic rings. The van der Waals surface area contributed by atoms with Crippen LogP contribution >= 0.6 is 0 Å². The second-order valence-corrected chi connectivity index (χ2v) is 2.02. The van der Waals surface area contributed by atoms with Crippen LogP contribution in [-0.2, 0) is 4.79 Å². The molecular formula is C6H7F2NO. The van der Waals surface area contributed by atoms with E-state index in [4.69, 9.17) is 0 Å². The molecule has 0 N–H and O–H groups in total. The molecule has 0 fully saturated rings. The van der Waals surface area contributed by atoms with Crippen molar-refractivity contribution in [3.05, 3.63) is 12.2 Å². The van der Waals surface area contributed by atoms with Gasteiger partial charge in [-0.3, -0.25) is 4.79 Å². The molecule has 0 atom stereocenters. The lowest BCUT2D eigenvalue weighted by Crippen LogP contribution is -2.33. The summed E-state index contributed by atoms with van der Waals surface area (Å²) in [6, 6.07) is 0. The summed E-state index contributed by atoms with van der Waals surface area (Å²) in [7, 11) is 0. The van der Waals surface area contributed by atoms with E-state index < -0.39 is 12.3 Å². The molecule has 56 valence electrons. The highest BCUT2D eigenvalue weighted by molar-refractivity contribution is 5.79. The first-order chi connectivity index (χ1) is 4.72. The van der Waals surface area contributed by atoms with Gasteiger partial charge in [0.15, 0.2) is 0 Å². The van der Waals surface area contributed by atoms with Crippen LogP contribution in [-0.4, -0.2) is 30.3 Å². The fourth-order valence-electron chi connectivity index (χ4n) is 0.796. The second-order valence-electron chi connectivity index (χ2n) is 2.02. The van der Waals surface area contributed by atoms with Gasteiger partial charge >= 0.3 is 6.43 Å². The van der Waals surface area contributed by atoms with Crippen molar-refractivity contribution >= 4 is 5.91 Å². The van der Waals surface area contributed by atoms with Crippen molar-refractivity contribution in [2.24, 2.45) is 0 Å². The molecule has 0 saturated heterocycles. The Morgan fingerprint density at radius 3 is 2.30 bits per heavy atom. The molecule has 1 amide bonds. The Morgan fingerprint density at radius 2 is 1.90 bits per heavy atom. The fourth-order valence-corrected chi connectivity index (χ4v) is 0.796. The van der Waals surface area contributed by atoms with Crippen LogP contribution in [0.2, 0.25) is 0 Å². The molecule has 0 bridgehead atoms. The van der Waals surface area contributed by atoms with Gasteiger partial charge in [-0.2, -0.15) is 8.78 Å². The van der Waals surface area contributed by atoms with Crippen molar-refractivity contribution < 1.29 is 13.6 Å². The molecule has 4 heteroatoms. The number of alkyl halides is 2. The molecule has 0 spiro atoms. The zero-order valence-electron chi connectivity index (χ0n) is 5.26. The number of halogens is 2. The highest BCUT2D eigenvalue weighted by Gasteiger charge is 2.22. The third kappa shape index (κ3) is 1.32. The number of nitrogens with zero attached hydrogens (tertiary/aromatic N) is 1. The first-order valence-corrected chi connectivity index (χ1v) is 2.94. The minimum atomic E-state index is -2.86. The topological polar surface area (TPSA) is 20.3 Å². The van der Waals surface area contributed by atoms with Gasteiger partial charge in [0.1, 0.15) is 0 Å². The molecule has 0 saturated carbocycles. The standard InChI is InChI=1S/C6H7F2NO/c7-5(8)6(10)9-3-1-2-4-9/h1-2,5H,3-4H2. The largest absolute Gasteiger partial charge is 0.330 e. The quantitative estimate of drug-likeness (QED) is 0.498. The summed E-state index contributed by atoms with van der Waals surface area (Å²) in [6.07, 6.45) is 0.528. The third-order valence-electron chi connectivity index (χ3n) is 1.32. The van der Waals surface area contributed by atoms with Gasteiger partial charge < -0.3 is 4.90 Å². The Balaban J connectivity index is 2.43. The van der Waals surface area contributed by atoms with Crippen LogP contribution in [0.3, 0.4) is 0 Å². The lowest BCUT2D eigenvalue weighted by atomic mass is 10.5. The zero-order chi connectivity index (χ0) is 7.56. The summed E-state index contributed by atoms with van der Waals surface area (Å²) in [6.45, 7) is 0.645. The van der Waals surface area contributed by atoms with E-state index in [2.05, 4.69) is 0 Å². The van der Waals surface area contributed by atoms with Gasteiger partial charge in [-0.1, -0.05) is 12.2 Å². The number of hydrogen-bond acceptors (Lipinski definition) is 1. The first-order valence-electron chi connectivity index (χ1n) is 2.94. The van der Waals surface area contributed by atoms with Crippen LogP contribution in [0, 0.1) is 0 Å². The Kier molecular flexibility index (Phi) is 1.99. The smallest absolute Gasteiger partial charge is 0.315 e. The third-order valence-corrected chi connectivity index (χ3v) is 1.32. The van der Waals surface area contributed by atoms with Gasteiger partial charge in [0.05, 0.1) is 0 Å². The Hall–Kier alpha value is -0.930. The van der Waals surface area contributed by atoms with Crippen LogP contribution in [0.5, 0.6) is 0 Å². The molecule has 2 nitrogen and oxygen atoms in total. The van der Waals surface area contributed by atoms with Crippen molar-refractivity contribution in [1.82, 2.24) is 4.90 Å². The Bertz CT molecular complexity index is 159. The first kappa shape index (κ1) is 7.18. The van der Waals surface area contributed by atoms with Gasteiger partial charge in [0, 0.05) is 13.1 Å². The predicted octanol–water partition coefficient (Wildman–Crippen LogP) is 0.650. The van der Waals surface area contributed by atoms with E-state index in [1.165, 1.54) is 0 Å². The Morgan fingerprint density at radius 1 is 1.40 bits per heavy atom. The average molecular weight is 147 g/mol. The van der Waals surface area contributed by atoms with Crippen LogP contribution in [0.25, 0.3) is 0 Å². The van der Waals surface area contributed by atoms with Gasteiger partial charge in [-0.05, 0) is 0 Å². The van der Waals surface area contributed by atoms with Crippen molar-refractivity contribution in [1.29, 1.82) is 0 Å². The molecule has 0 radical (unpaired) electrons. The van der Waals surface area contributed by atoms with Gasteiger partial charge in [-0.15, -0.1) is 0 Å². The predicted molar refractivity (Wildman–Crippen MR) is 31.7 cm³/mol. The number of hydrogen-bond donors (Lipinski definition) is 0. The Labute approximate surface area is 57.1 Å². The monoisotopic (exact) mass is 147 g/mol. The summed E-state index contributed by atoms with van der Waals surface area (Å²) in [5.74, 6) is -1.08. The maximum atomic E-state index is 11.7. The molecule has 1 aliphatic heterocycles. The summed E-state index contributed by atoms with van der Waals surface area (Å²) >= 11 is 0. The van der Waals surface area contributed by atoms with Crippen LogP contribution < -0.4 is 0 Å². The average Bonchev–Trinajstić information content (AvgIpc) is 2.36. The number of carbonyl (C=O) groups excluding carboxylic acids is 1. The van der Waals surface area contributed by atoms with Gasteiger partial charge in [0.25, 0.3) is 5.91 Å². The molecule has 1 heterocycles. The van der Waals surface area contributed by atoms with Crippen LogP contribution in [0.4, 0.5) is 8.78 Å². The minimum absolute atomic E-state index is 0.323. The van der Waals surface area contributed by atoms with Crippen molar-refractivity contribution in [3.8, 4) is 0 Å². The lowest BCUT2D eigenvalue weighted by molar-refractivity contribution is -0.141. The number of rotatable bonds is 1. The van der Waals surface area contributed by atoms with Gasteiger partial charge in [-0.25, -0.2) is 0 Å². The molecular weight excluding hydrogens is 140 g/mol. The van der Waals surface area contributed by atoms with E-state index >= 15 is 0 Å². The molecule has 0 unspecified atom stereocenters. The molecule has 0 aliphatic carbocycles. The van der Waals surface area contributed by atoms with E-state index in [1.807, 2.05) is 0 Å². The fraction of sp³-hybridized carbons (Fsp3) is 0.500. The van der Waals surface area contributed by atoms with Crippen LogP contribution in [0.15, 0.2) is 12.2 Å². The minimum Gasteiger partial charge on any atom is -0.330 e. The normalized spacial score (nSPS) is 16.9. The summed E-state index contributed by atoms with van der Waals surface area (Å²) in [5.41, 5.74) is 0. The molecule has 0 aromatic rings. The second kappa shape index (κ2) is 2.77.